The Hall–Kier alpha value is -2.27. The van der Waals surface area contributed by atoms with E-state index in [4.69, 9.17) is 4.74 Å². The fourth-order valence-electron chi connectivity index (χ4n) is 1.56. The van der Waals surface area contributed by atoms with Crippen LogP contribution < -0.4 is 0 Å². The average Bonchev–Trinajstić information content (AvgIpc) is 2.35. The van der Waals surface area contributed by atoms with E-state index >= 15 is 0 Å². The molecular formula is C14H10O2. The van der Waals surface area contributed by atoms with Crippen LogP contribution in [0.3, 0.4) is 0 Å². The van der Waals surface area contributed by atoms with Crippen LogP contribution in [0.2, 0.25) is 0 Å². The van der Waals surface area contributed by atoms with E-state index in [1.165, 1.54) is 0 Å². The van der Waals surface area contributed by atoms with Crippen molar-refractivity contribution in [3.8, 4) is 12.0 Å². The monoisotopic (exact) mass is 210 g/mol. The zero-order valence-corrected chi connectivity index (χ0v) is 8.86. The molecule has 0 fully saturated rings. The summed E-state index contributed by atoms with van der Waals surface area (Å²) in [6.07, 6.45) is 2.31. The molecule has 2 aromatic rings. The van der Waals surface area contributed by atoms with Crippen molar-refractivity contribution in [1.82, 2.24) is 0 Å². The van der Waals surface area contributed by atoms with Gasteiger partial charge in [0.05, 0.1) is 5.56 Å². The molecule has 78 valence electrons. The molecule has 0 bridgehead atoms. The number of hydrogen-bond acceptors (Lipinski definition) is 2. The maximum Gasteiger partial charge on any atom is 0.352 e. The van der Waals surface area contributed by atoms with Gasteiger partial charge in [-0.3, -0.25) is 0 Å². The number of esters is 1. The molecule has 2 aromatic carbocycles. The first-order chi connectivity index (χ1) is 7.83. The second kappa shape index (κ2) is 4.50. The van der Waals surface area contributed by atoms with Gasteiger partial charge in [-0.2, -0.15) is 0 Å². The first-order valence-electron chi connectivity index (χ1n) is 4.93. The van der Waals surface area contributed by atoms with Crippen LogP contribution in [0.5, 0.6) is 0 Å². The van der Waals surface area contributed by atoms with E-state index in [0.29, 0.717) is 5.56 Å². The number of carbonyl (C=O) groups excluding carboxylic acids is 1. The van der Waals surface area contributed by atoms with E-state index < -0.39 is 5.97 Å². The highest BCUT2D eigenvalue weighted by Gasteiger charge is 2.09. The lowest BCUT2D eigenvalue weighted by Crippen LogP contribution is -2.01. The Morgan fingerprint density at radius 3 is 2.69 bits per heavy atom. The molecule has 0 radical (unpaired) electrons. The summed E-state index contributed by atoms with van der Waals surface area (Å²) >= 11 is 0. The van der Waals surface area contributed by atoms with Gasteiger partial charge in [0.1, 0.15) is 6.11 Å². The molecule has 2 heteroatoms. The predicted octanol–water partition coefficient (Wildman–Crippen LogP) is 2.98. The number of rotatable bonds is 1. The zero-order chi connectivity index (χ0) is 11.4. The zero-order valence-electron chi connectivity index (χ0n) is 8.86. The van der Waals surface area contributed by atoms with Crippen molar-refractivity contribution in [3.63, 3.8) is 0 Å². The van der Waals surface area contributed by atoms with Crippen LogP contribution in [0.15, 0.2) is 42.5 Å². The van der Waals surface area contributed by atoms with Crippen molar-refractivity contribution in [2.24, 2.45) is 0 Å². The van der Waals surface area contributed by atoms with Gasteiger partial charge in [0.2, 0.25) is 0 Å². The largest absolute Gasteiger partial charge is 0.369 e. The Balaban J connectivity index is 2.50. The van der Waals surface area contributed by atoms with Crippen LogP contribution in [-0.2, 0) is 4.74 Å². The van der Waals surface area contributed by atoms with Crippen molar-refractivity contribution < 1.29 is 9.53 Å². The SMILES string of the molecule is CC#COC(=O)c1cccc2ccccc12. The molecule has 0 aliphatic carbocycles. The molecule has 0 spiro atoms. The highest BCUT2D eigenvalue weighted by Crippen LogP contribution is 2.18. The van der Waals surface area contributed by atoms with Crippen LogP contribution in [0, 0.1) is 12.0 Å². The molecule has 0 atom stereocenters. The maximum atomic E-state index is 11.7. The van der Waals surface area contributed by atoms with Crippen molar-refractivity contribution in [2.45, 2.75) is 6.92 Å². The summed E-state index contributed by atoms with van der Waals surface area (Å²) in [5, 5.41) is 1.90. The molecule has 0 N–H and O–H groups in total. The Morgan fingerprint density at radius 2 is 1.88 bits per heavy atom. The van der Waals surface area contributed by atoms with Crippen molar-refractivity contribution in [2.75, 3.05) is 0 Å². The van der Waals surface area contributed by atoms with Gasteiger partial charge in [-0.1, -0.05) is 42.3 Å². The van der Waals surface area contributed by atoms with Gasteiger partial charge >= 0.3 is 5.97 Å². The molecule has 0 aliphatic heterocycles. The average molecular weight is 210 g/mol. The molecule has 2 rings (SSSR count). The minimum Gasteiger partial charge on any atom is -0.369 e. The van der Waals surface area contributed by atoms with E-state index in [1.54, 1.807) is 13.0 Å². The van der Waals surface area contributed by atoms with Gasteiger partial charge in [-0.05, 0) is 16.8 Å². The van der Waals surface area contributed by atoms with Crippen LogP contribution in [0.4, 0.5) is 0 Å². The summed E-state index contributed by atoms with van der Waals surface area (Å²) in [4.78, 5) is 11.7. The quantitative estimate of drug-likeness (QED) is 0.534. The second-order valence-corrected chi connectivity index (χ2v) is 3.27. The van der Waals surface area contributed by atoms with E-state index in [9.17, 15) is 4.79 Å². The Kier molecular flexibility index (Phi) is 2.88. The third-order valence-corrected chi connectivity index (χ3v) is 2.26. The number of fused-ring (bicyclic) bond motifs is 1. The molecule has 0 aromatic heterocycles. The maximum absolute atomic E-state index is 11.7. The fourth-order valence-corrected chi connectivity index (χ4v) is 1.56. The Bertz CT molecular complexity index is 583. The molecular weight excluding hydrogens is 200 g/mol. The second-order valence-electron chi connectivity index (χ2n) is 3.27. The first-order valence-corrected chi connectivity index (χ1v) is 4.93. The lowest BCUT2D eigenvalue weighted by Gasteiger charge is -2.02. The summed E-state index contributed by atoms with van der Waals surface area (Å²) in [6.45, 7) is 1.62. The standard InChI is InChI=1S/C14H10O2/c1-2-10-16-14(15)13-9-5-7-11-6-3-4-8-12(11)13/h3-9H,1H3. The molecule has 0 aliphatic rings. The highest BCUT2D eigenvalue weighted by molar-refractivity contribution is 6.04. The summed E-state index contributed by atoms with van der Waals surface area (Å²) in [7, 11) is 0. The number of ether oxygens (including phenoxy) is 1. The molecule has 0 saturated heterocycles. The van der Waals surface area contributed by atoms with E-state index in [-0.39, 0.29) is 0 Å². The van der Waals surface area contributed by atoms with Gasteiger partial charge in [0.25, 0.3) is 0 Å². The first kappa shape index (κ1) is 10.3. The van der Waals surface area contributed by atoms with E-state index in [2.05, 4.69) is 12.0 Å². The van der Waals surface area contributed by atoms with Crippen molar-refractivity contribution in [1.29, 1.82) is 0 Å². The Labute approximate surface area is 93.8 Å². The van der Waals surface area contributed by atoms with Crippen LogP contribution in [0.1, 0.15) is 17.3 Å². The highest BCUT2D eigenvalue weighted by atomic mass is 16.5. The third kappa shape index (κ3) is 1.89. The fraction of sp³-hybridized carbons (Fsp3) is 0.0714. The molecule has 16 heavy (non-hydrogen) atoms. The lowest BCUT2D eigenvalue weighted by molar-refractivity contribution is 0.0692. The summed E-state index contributed by atoms with van der Waals surface area (Å²) < 4.78 is 4.79. The molecule has 2 nitrogen and oxygen atoms in total. The van der Waals surface area contributed by atoms with E-state index in [0.717, 1.165) is 10.8 Å². The number of benzene rings is 2. The van der Waals surface area contributed by atoms with Crippen LogP contribution in [0.25, 0.3) is 10.8 Å². The van der Waals surface area contributed by atoms with Gasteiger partial charge in [0, 0.05) is 6.92 Å². The van der Waals surface area contributed by atoms with Gasteiger partial charge in [-0.25, -0.2) is 4.79 Å². The van der Waals surface area contributed by atoms with Gasteiger partial charge < -0.3 is 4.74 Å². The smallest absolute Gasteiger partial charge is 0.352 e. The van der Waals surface area contributed by atoms with Crippen molar-refractivity contribution in [3.05, 3.63) is 48.0 Å². The lowest BCUT2D eigenvalue weighted by atomic mass is 10.1. The third-order valence-electron chi connectivity index (χ3n) is 2.26. The molecule has 0 amide bonds. The number of carbonyl (C=O) groups is 1. The minimum absolute atomic E-state index is 0.411. The topological polar surface area (TPSA) is 26.3 Å². The number of hydrogen-bond donors (Lipinski definition) is 0. The molecule has 0 saturated carbocycles. The summed E-state index contributed by atoms with van der Waals surface area (Å²) in [6, 6.07) is 13.2. The summed E-state index contributed by atoms with van der Waals surface area (Å²) in [5.41, 5.74) is 0.542. The molecule has 0 heterocycles. The summed E-state index contributed by atoms with van der Waals surface area (Å²) in [5.74, 6) is 2.11. The normalized spacial score (nSPS) is 9.31. The van der Waals surface area contributed by atoms with Crippen molar-refractivity contribution >= 4 is 16.7 Å². The van der Waals surface area contributed by atoms with Crippen LogP contribution in [-0.4, -0.2) is 5.97 Å². The molecule has 0 unspecified atom stereocenters. The van der Waals surface area contributed by atoms with Gasteiger partial charge in [-0.15, -0.1) is 0 Å². The minimum atomic E-state index is -0.411. The van der Waals surface area contributed by atoms with Crippen LogP contribution >= 0.6 is 0 Å². The predicted molar refractivity (Wildman–Crippen MR) is 62.8 cm³/mol. The van der Waals surface area contributed by atoms with E-state index in [1.807, 2.05) is 36.4 Å². The Morgan fingerprint density at radius 1 is 1.12 bits per heavy atom. The van der Waals surface area contributed by atoms with Gasteiger partial charge in [0.15, 0.2) is 0 Å².